The second-order valence-electron chi connectivity index (χ2n) is 6.87. The van der Waals surface area contributed by atoms with Gasteiger partial charge in [0.25, 0.3) is 0 Å². The molecule has 0 spiro atoms. The molecule has 3 heteroatoms. The summed E-state index contributed by atoms with van der Waals surface area (Å²) in [7, 11) is 0. The van der Waals surface area contributed by atoms with Crippen molar-refractivity contribution in [2.24, 2.45) is 17.3 Å². The molecule has 0 aromatic heterocycles. The minimum Gasteiger partial charge on any atom is -0.355 e. The van der Waals surface area contributed by atoms with Crippen molar-refractivity contribution in [3.05, 3.63) is 0 Å². The van der Waals surface area contributed by atoms with Gasteiger partial charge in [0.1, 0.15) is 0 Å². The minimum absolute atomic E-state index is 0.284. The molecule has 19 heavy (non-hydrogen) atoms. The molecule has 2 rings (SSSR count). The molecule has 2 nitrogen and oxygen atoms in total. The van der Waals surface area contributed by atoms with Crippen molar-refractivity contribution in [2.45, 2.75) is 64.7 Å². The van der Waals surface area contributed by atoms with Crippen LogP contribution in [0.1, 0.15) is 64.7 Å². The monoisotopic (exact) mass is 329 g/mol. The SMILES string of the molecule is CC1CCC(C(=O)NCC2(CBr)CCCCC2)CC1. The molecule has 0 saturated heterocycles. The van der Waals surface area contributed by atoms with Gasteiger partial charge in [0.15, 0.2) is 0 Å². The van der Waals surface area contributed by atoms with E-state index in [1.807, 2.05) is 0 Å². The van der Waals surface area contributed by atoms with Crippen LogP contribution in [0.15, 0.2) is 0 Å². The number of nitrogens with one attached hydrogen (secondary N) is 1. The molecular formula is C16H28BrNO. The van der Waals surface area contributed by atoms with E-state index in [4.69, 9.17) is 0 Å². The van der Waals surface area contributed by atoms with Crippen molar-refractivity contribution in [2.75, 3.05) is 11.9 Å². The Balaban J connectivity index is 1.78. The van der Waals surface area contributed by atoms with E-state index in [0.717, 1.165) is 30.6 Å². The summed E-state index contributed by atoms with van der Waals surface area (Å²) in [6.45, 7) is 3.18. The summed E-state index contributed by atoms with van der Waals surface area (Å²) in [5.74, 6) is 1.42. The second kappa shape index (κ2) is 7.10. The molecule has 0 unspecified atom stereocenters. The summed E-state index contributed by atoms with van der Waals surface area (Å²) in [6, 6.07) is 0. The summed E-state index contributed by atoms with van der Waals surface area (Å²) in [4.78, 5) is 12.3. The number of hydrogen-bond acceptors (Lipinski definition) is 1. The van der Waals surface area contributed by atoms with Crippen LogP contribution in [-0.4, -0.2) is 17.8 Å². The highest BCUT2D eigenvalue weighted by atomic mass is 79.9. The molecule has 0 radical (unpaired) electrons. The van der Waals surface area contributed by atoms with Crippen molar-refractivity contribution in [3.8, 4) is 0 Å². The number of amides is 1. The molecule has 1 N–H and O–H groups in total. The van der Waals surface area contributed by atoms with Gasteiger partial charge >= 0.3 is 0 Å². The second-order valence-corrected chi connectivity index (χ2v) is 7.43. The van der Waals surface area contributed by atoms with E-state index >= 15 is 0 Å². The molecule has 0 aromatic carbocycles. The number of hydrogen-bond donors (Lipinski definition) is 1. The summed E-state index contributed by atoms with van der Waals surface area (Å²) >= 11 is 3.67. The lowest BCUT2D eigenvalue weighted by molar-refractivity contribution is -0.126. The van der Waals surface area contributed by atoms with E-state index in [1.165, 1.54) is 44.9 Å². The molecule has 0 bridgehead atoms. The third kappa shape index (κ3) is 4.21. The molecule has 0 atom stereocenters. The zero-order chi connectivity index (χ0) is 13.7. The molecule has 2 aliphatic carbocycles. The van der Waals surface area contributed by atoms with Gasteiger partial charge in [-0.3, -0.25) is 4.79 Å². The van der Waals surface area contributed by atoms with Gasteiger partial charge in [0.2, 0.25) is 5.91 Å². The Kier molecular flexibility index (Phi) is 5.73. The molecule has 0 heterocycles. The third-order valence-electron chi connectivity index (χ3n) is 5.22. The van der Waals surface area contributed by atoms with Gasteiger partial charge in [-0.15, -0.1) is 0 Å². The van der Waals surface area contributed by atoms with Gasteiger partial charge in [0.05, 0.1) is 0 Å². The van der Waals surface area contributed by atoms with Crippen LogP contribution < -0.4 is 5.32 Å². The summed E-state index contributed by atoms with van der Waals surface area (Å²) in [5.41, 5.74) is 0.329. The van der Waals surface area contributed by atoms with Gasteiger partial charge in [-0.2, -0.15) is 0 Å². The Labute approximate surface area is 126 Å². The van der Waals surface area contributed by atoms with Crippen molar-refractivity contribution >= 4 is 21.8 Å². The topological polar surface area (TPSA) is 29.1 Å². The van der Waals surface area contributed by atoms with E-state index in [1.54, 1.807) is 0 Å². The lowest BCUT2D eigenvalue weighted by Crippen LogP contribution is -2.42. The van der Waals surface area contributed by atoms with Gasteiger partial charge in [-0.05, 0) is 49.9 Å². The van der Waals surface area contributed by atoms with Crippen molar-refractivity contribution in [3.63, 3.8) is 0 Å². The molecular weight excluding hydrogens is 302 g/mol. The number of carbonyl (C=O) groups is 1. The average Bonchev–Trinajstić information content (AvgIpc) is 2.46. The van der Waals surface area contributed by atoms with Crippen molar-refractivity contribution in [1.82, 2.24) is 5.32 Å². The fourth-order valence-corrected chi connectivity index (χ4v) is 4.36. The lowest BCUT2D eigenvalue weighted by atomic mass is 9.75. The maximum atomic E-state index is 12.3. The van der Waals surface area contributed by atoms with Crippen LogP contribution in [0.25, 0.3) is 0 Å². The first-order chi connectivity index (χ1) is 9.15. The molecule has 110 valence electrons. The Hall–Kier alpha value is -0.0500. The van der Waals surface area contributed by atoms with E-state index in [-0.39, 0.29) is 5.92 Å². The number of carbonyl (C=O) groups excluding carboxylic acids is 1. The van der Waals surface area contributed by atoms with E-state index in [2.05, 4.69) is 28.2 Å². The standard InChI is InChI=1S/C16H28BrNO/c1-13-5-7-14(8-6-13)15(19)18-12-16(11-17)9-3-2-4-10-16/h13-14H,2-12H2,1H3,(H,18,19). The number of rotatable bonds is 4. The Morgan fingerprint density at radius 1 is 1.16 bits per heavy atom. The van der Waals surface area contributed by atoms with Gasteiger partial charge in [-0.1, -0.05) is 42.1 Å². The predicted octanol–water partition coefficient (Wildman–Crippen LogP) is 4.27. The van der Waals surface area contributed by atoms with Crippen LogP contribution in [0, 0.1) is 17.3 Å². The van der Waals surface area contributed by atoms with E-state index in [9.17, 15) is 4.79 Å². The highest BCUT2D eigenvalue weighted by molar-refractivity contribution is 9.09. The fraction of sp³-hybridized carbons (Fsp3) is 0.938. The first-order valence-electron chi connectivity index (χ1n) is 7.99. The molecule has 2 aliphatic rings. The van der Waals surface area contributed by atoms with Crippen LogP contribution in [0.5, 0.6) is 0 Å². The van der Waals surface area contributed by atoms with Gasteiger partial charge in [0, 0.05) is 17.8 Å². The highest BCUT2D eigenvalue weighted by Gasteiger charge is 2.32. The Morgan fingerprint density at radius 3 is 2.37 bits per heavy atom. The van der Waals surface area contributed by atoms with Crippen LogP contribution in [-0.2, 0) is 4.79 Å². The highest BCUT2D eigenvalue weighted by Crippen LogP contribution is 2.37. The van der Waals surface area contributed by atoms with Gasteiger partial charge < -0.3 is 5.32 Å². The summed E-state index contributed by atoms with van der Waals surface area (Å²) in [5, 5.41) is 4.29. The number of halogens is 1. The van der Waals surface area contributed by atoms with Crippen LogP contribution in [0.4, 0.5) is 0 Å². The first-order valence-corrected chi connectivity index (χ1v) is 9.11. The first kappa shape index (κ1) is 15.3. The summed E-state index contributed by atoms with van der Waals surface area (Å²) < 4.78 is 0. The largest absolute Gasteiger partial charge is 0.355 e. The summed E-state index contributed by atoms with van der Waals surface area (Å²) in [6.07, 6.45) is 11.2. The fourth-order valence-electron chi connectivity index (χ4n) is 3.60. The third-order valence-corrected chi connectivity index (χ3v) is 6.41. The average molecular weight is 330 g/mol. The van der Waals surface area contributed by atoms with Crippen LogP contribution in [0.3, 0.4) is 0 Å². The normalized spacial score (nSPS) is 30.8. The lowest BCUT2D eigenvalue weighted by Gasteiger charge is -2.36. The molecule has 0 aliphatic heterocycles. The zero-order valence-corrected chi connectivity index (χ0v) is 13.8. The zero-order valence-electron chi connectivity index (χ0n) is 12.2. The molecule has 2 saturated carbocycles. The predicted molar refractivity (Wildman–Crippen MR) is 83.4 cm³/mol. The van der Waals surface area contributed by atoms with Crippen molar-refractivity contribution < 1.29 is 4.79 Å². The van der Waals surface area contributed by atoms with E-state index in [0.29, 0.717) is 11.3 Å². The number of alkyl halides is 1. The maximum absolute atomic E-state index is 12.3. The maximum Gasteiger partial charge on any atom is 0.223 e. The smallest absolute Gasteiger partial charge is 0.223 e. The van der Waals surface area contributed by atoms with Crippen LogP contribution >= 0.6 is 15.9 Å². The Morgan fingerprint density at radius 2 is 1.79 bits per heavy atom. The van der Waals surface area contributed by atoms with E-state index < -0.39 is 0 Å². The quantitative estimate of drug-likeness (QED) is 0.766. The van der Waals surface area contributed by atoms with Crippen LogP contribution in [0.2, 0.25) is 0 Å². The molecule has 2 fully saturated rings. The molecule has 1 amide bonds. The van der Waals surface area contributed by atoms with Crippen molar-refractivity contribution in [1.29, 1.82) is 0 Å². The molecule has 0 aromatic rings. The minimum atomic E-state index is 0.284. The van der Waals surface area contributed by atoms with Gasteiger partial charge in [-0.25, -0.2) is 0 Å². The Bertz CT molecular complexity index is 291.